The second-order valence-corrected chi connectivity index (χ2v) is 8.97. The lowest BCUT2D eigenvalue weighted by atomic mass is 9.96. The highest BCUT2D eigenvalue weighted by atomic mass is 35.5. The first kappa shape index (κ1) is 24.0. The topological polar surface area (TPSA) is 88.9 Å². The van der Waals surface area contributed by atoms with Gasteiger partial charge in [-0.15, -0.1) is 0 Å². The number of hydrogen-bond donors (Lipinski definition) is 1. The number of aromatic amines is 1. The van der Waals surface area contributed by atoms with Crippen molar-refractivity contribution in [2.45, 2.75) is 31.5 Å². The SMILES string of the molecule is COc1ccc(-n2nccn2)c(C(=O)N2CCCC2(C)c2nc3cc(C(F)(F)F)c(Cl)cc3[nH]2)c1F. The van der Waals surface area contributed by atoms with Gasteiger partial charge in [0.1, 0.15) is 17.1 Å². The van der Waals surface area contributed by atoms with E-state index in [2.05, 4.69) is 20.2 Å². The van der Waals surface area contributed by atoms with Crippen LogP contribution in [-0.2, 0) is 11.7 Å². The molecule has 0 aliphatic carbocycles. The Morgan fingerprint density at radius 1 is 1.22 bits per heavy atom. The molecule has 3 heterocycles. The number of fused-ring (bicyclic) bond motifs is 1. The van der Waals surface area contributed by atoms with Crippen LogP contribution in [0.3, 0.4) is 0 Å². The van der Waals surface area contributed by atoms with Gasteiger partial charge in [-0.1, -0.05) is 11.6 Å². The molecule has 8 nitrogen and oxygen atoms in total. The number of methoxy groups -OCH3 is 1. The fraction of sp³-hybridized carbons (Fsp3) is 0.304. The predicted molar refractivity (Wildman–Crippen MR) is 122 cm³/mol. The van der Waals surface area contributed by atoms with Crippen molar-refractivity contribution in [2.24, 2.45) is 0 Å². The third-order valence-electron chi connectivity index (χ3n) is 6.42. The van der Waals surface area contributed by atoms with Crippen LogP contribution in [0.5, 0.6) is 5.75 Å². The molecule has 4 aromatic rings. The van der Waals surface area contributed by atoms with Gasteiger partial charge in [-0.2, -0.15) is 28.2 Å². The van der Waals surface area contributed by atoms with E-state index in [-0.39, 0.29) is 40.4 Å². The number of nitrogens with zero attached hydrogens (tertiary/aromatic N) is 5. The van der Waals surface area contributed by atoms with E-state index in [4.69, 9.17) is 16.3 Å². The maximum absolute atomic E-state index is 15.5. The highest BCUT2D eigenvalue weighted by Crippen LogP contribution is 2.42. The Hall–Kier alpha value is -3.67. The summed E-state index contributed by atoms with van der Waals surface area (Å²) in [5.41, 5.74) is -1.91. The summed E-state index contributed by atoms with van der Waals surface area (Å²) in [6.07, 6.45) is -0.852. The molecule has 0 saturated carbocycles. The van der Waals surface area contributed by atoms with Crippen LogP contribution in [0, 0.1) is 5.82 Å². The zero-order chi connectivity index (χ0) is 25.8. The Kier molecular flexibility index (Phi) is 5.66. The molecule has 1 aliphatic heterocycles. The molecule has 188 valence electrons. The van der Waals surface area contributed by atoms with E-state index in [1.165, 1.54) is 36.5 Å². The molecule has 1 atom stereocenters. The number of carbonyl (C=O) groups is 1. The highest BCUT2D eigenvalue weighted by molar-refractivity contribution is 6.32. The van der Waals surface area contributed by atoms with Crippen molar-refractivity contribution < 1.29 is 27.1 Å². The highest BCUT2D eigenvalue weighted by Gasteiger charge is 2.45. The molecule has 0 bridgehead atoms. The molecule has 1 fully saturated rings. The Balaban J connectivity index is 1.61. The van der Waals surface area contributed by atoms with Crippen molar-refractivity contribution in [3.63, 3.8) is 0 Å². The maximum atomic E-state index is 15.5. The number of benzene rings is 2. The van der Waals surface area contributed by atoms with Crippen LogP contribution < -0.4 is 4.74 Å². The lowest BCUT2D eigenvalue weighted by Gasteiger charge is -2.34. The number of halogens is 5. The second-order valence-electron chi connectivity index (χ2n) is 8.56. The van der Waals surface area contributed by atoms with Gasteiger partial charge in [0.05, 0.1) is 46.7 Å². The van der Waals surface area contributed by atoms with Gasteiger partial charge in [-0.05, 0) is 44.0 Å². The summed E-state index contributed by atoms with van der Waals surface area (Å²) in [4.78, 5) is 23.8. The molecule has 0 spiro atoms. The molecule has 1 N–H and O–H groups in total. The van der Waals surface area contributed by atoms with Gasteiger partial charge in [0.2, 0.25) is 0 Å². The second kappa shape index (κ2) is 8.47. The van der Waals surface area contributed by atoms with Gasteiger partial charge in [0.25, 0.3) is 5.91 Å². The van der Waals surface area contributed by atoms with E-state index >= 15 is 4.39 Å². The summed E-state index contributed by atoms with van der Waals surface area (Å²) < 4.78 is 60.6. The van der Waals surface area contributed by atoms with E-state index < -0.39 is 34.0 Å². The van der Waals surface area contributed by atoms with Gasteiger partial charge in [0, 0.05) is 6.54 Å². The van der Waals surface area contributed by atoms with E-state index in [9.17, 15) is 18.0 Å². The Morgan fingerprint density at radius 3 is 2.61 bits per heavy atom. The first-order valence-corrected chi connectivity index (χ1v) is 11.2. The quantitative estimate of drug-likeness (QED) is 0.376. The number of nitrogens with one attached hydrogen (secondary N) is 1. The molecule has 36 heavy (non-hydrogen) atoms. The number of likely N-dealkylation sites (tertiary alicyclic amines) is 1. The molecule has 1 unspecified atom stereocenters. The zero-order valence-corrected chi connectivity index (χ0v) is 19.8. The average Bonchev–Trinajstić information content (AvgIpc) is 3.57. The molecule has 13 heteroatoms. The third-order valence-corrected chi connectivity index (χ3v) is 6.74. The minimum atomic E-state index is -4.65. The van der Waals surface area contributed by atoms with Crippen LogP contribution in [0.1, 0.15) is 41.5 Å². The number of ether oxygens (including phenoxy) is 1. The number of aromatic nitrogens is 5. The zero-order valence-electron chi connectivity index (χ0n) is 19.0. The Labute approximate surface area is 206 Å². The largest absolute Gasteiger partial charge is 0.494 e. The Bertz CT molecular complexity index is 1470. The normalized spacial score (nSPS) is 18.2. The van der Waals surface area contributed by atoms with Gasteiger partial charge in [-0.25, -0.2) is 9.37 Å². The molecule has 1 amide bonds. The van der Waals surface area contributed by atoms with Crippen molar-refractivity contribution in [1.29, 1.82) is 0 Å². The van der Waals surface area contributed by atoms with Crippen LogP contribution in [0.2, 0.25) is 5.02 Å². The van der Waals surface area contributed by atoms with Crippen molar-refractivity contribution >= 4 is 28.5 Å². The molecule has 1 aliphatic rings. The van der Waals surface area contributed by atoms with Gasteiger partial charge in [0.15, 0.2) is 11.6 Å². The number of alkyl halides is 3. The molecule has 1 saturated heterocycles. The fourth-order valence-electron chi connectivity index (χ4n) is 4.59. The predicted octanol–water partition coefficient (Wildman–Crippen LogP) is 5.11. The van der Waals surface area contributed by atoms with E-state index in [1.807, 2.05) is 0 Å². The number of imidazole rings is 1. The summed E-state index contributed by atoms with van der Waals surface area (Å²) in [6.45, 7) is 2.00. The van der Waals surface area contributed by atoms with Crippen LogP contribution >= 0.6 is 11.6 Å². The lowest BCUT2D eigenvalue weighted by molar-refractivity contribution is -0.137. The van der Waals surface area contributed by atoms with Crippen LogP contribution in [0.4, 0.5) is 17.6 Å². The Morgan fingerprint density at radius 2 is 1.94 bits per heavy atom. The van der Waals surface area contributed by atoms with Gasteiger partial charge in [-0.3, -0.25) is 4.79 Å². The first-order valence-electron chi connectivity index (χ1n) is 10.9. The summed E-state index contributed by atoms with van der Waals surface area (Å²) in [5.74, 6) is -1.40. The molecular formula is C23H19ClF4N6O2. The van der Waals surface area contributed by atoms with Crippen molar-refractivity contribution in [3.05, 3.63) is 64.5 Å². The molecule has 0 radical (unpaired) electrons. The van der Waals surface area contributed by atoms with Crippen LogP contribution in [0.25, 0.3) is 16.7 Å². The monoisotopic (exact) mass is 522 g/mol. The summed E-state index contributed by atoms with van der Waals surface area (Å²) in [7, 11) is 1.28. The number of rotatable bonds is 4. The molecule has 2 aromatic heterocycles. The summed E-state index contributed by atoms with van der Waals surface area (Å²) >= 11 is 5.86. The van der Waals surface area contributed by atoms with Gasteiger partial charge < -0.3 is 14.6 Å². The standard InChI is InChI=1S/C23H19ClF4N6O2/c1-22(21-31-14-10-12(23(26,27)28)13(24)11-15(14)32-21)6-3-9-33(22)20(35)18-16(34-29-7-8-30-34)4-5-17(36-2)19(18)25/h4-5,7-8,10-11H,3,6,9H2,1-2H3,(H,31,32). The third kappa shape index (κ3) is 3.76. The minimum absolute atomic E-state index is 0.0521. The van der Waals surface area contributed by atoms with E-state index in [1.54, 1.807) is 6.92 Å². The lowest BCUT2D eigenvalue weighted by Crippen LogP contribution is -2.44. The molecular weight excluding hydrogens is 504 g/mol. The number of carbonyl (C=O) groups excluding carboxylic acids is 1. The summed E-state index contributed by atoms with van der Waals surface area (Å²) in [5, 5.41) is 7.57. The number of amides is 1. The smallest absolute Gasteiger partial charge is 0.417 e. The van der Waals surface area contributed by atoms with Crippen molar-refractivity contribution in [3.8, 4) is 11.4 Å². The fourth-order valence-corrected chi connectivity index (χ4v) is 4.86. The number of H-pyrrole nitrogens is 1. The minimum Gasteiger partial charge on any atom is -0.494 e. The first-order chi connectivity index (χ1) is 17.0. The van der Waals surface area contributed by atoms with Crippen molar-refractivity contribution in [1.82, 2.24) is 29.9 Å². The number of hydrogen-bond acceptors (Lipinski definition) is 5. The maximum Gasteiger partial charge on any atom is 0.417 e. The van der Waals surface area contributed by atoms with E-state index in [0.717, 1.165) is 16.9 Å². The summed E-state index contributed by atoms with van der Waals surface area (Å²) in [6, 6.07) is 4.87. The van der Waals surface area contributed by atoms with E-state index in [0.29, 0.717) is 12.8 Å². The molecule has 5 rings (SSSR count). The van der Waals surface area contributed by atoms with Gasteiger partial charge >= 0.3 is 6.18 Å². The molecule has 2 aromatic carbocycles. The average molecular weight is 523 g/mol. The van der Waals surface area contributed by atoms with Crippen LogP contribution in [0.15, 0.2) is 36.7 Å². The van der Waals surface area contributed by atoms with Crippen LogP contribution in [-0.4, -0.2) is 49.4 Å². The van der Waals surface area contributed by atoms with Crippen molar-refractivity contribution in [2.75, 3.05) is 13.7 Å².